The Balaban J connectivity index is -0.0000000450. The second-order valence-corrected chi connectivity index (χ2v) is 0.519. The molecule has 0 aromatic carbocycles. The molecule has 0 aromatic heterocycles. The number of rotatable bonds is 0. The molecular weight excluding hydrogens is 135 g/mol. The standard InChI is InChI=1S/C2H4O2.H2N.Zn/c1-2(3)4;;/h1H3,(H,3,4);1H2;/q;-1;. The van der Waals surface area contributed by atoms with E-state index < -0.39 is 5.97 Å². The van der Waals surface area contributed by atoms with Crippen molar-refractivity contribution in [2.24, 2.45) is 0 Å². The van der Waals surface area contributed by atoms with Gasteiger partial charge in [-0.25, -0.2) is 0 Å². The van der Waals surface area contributed by atoms with E-state index in [1.54, 1.807) is 0 Å². The van der Waals surface area contributed by atoms with Crippen molar-refractivity contribution in [3.63, 3.8) is 0 Å². The summed E-state index contributed by atoms with van der Waals surface area (Å²) >= 11 is 0. The van der Waals surface area contributed by atoms with E-state index in [4.69, 9.17) is 9.90 Å². The minimum Gasteiger partial charge on any atom is -0.693 e. The van der Waals surface area contributed by atoms with Crippen LogP contribution < -0.4 is 0 Å². The van der Waals surface area contributed by atoms with Gasteiger partial charge in [0.25, 0.3) is 5.97 Å². The van der Waals surface area contributed by atoms with Gasteiger partial charge in [0.05, 0.1) is 0 Å². The van der Waals surface area contributed by atoms with E-state index >= 15 is 0 Å². The number of carboxylic acids is 1. The summed E-state index contributed by atoms with van der Waals surface area (Å²) in [7, 11) is 0. The van der Waals surface area contributed by atoms with Gasteiger partial charge in [0, 0.05) is 26.4 Å². The van der Waals surface area contributed by atoms with Crippen molar-refractivity contribution in [2.45, 2.75) is 6.92 Å². The number of hydrogen-bond acceptors (Lipinski definition) is 1. The van der Waals surface area contributed by atoms with E-state index in [0.717, 1.165) is 6.92 Å². The van der Waals surface area contributed by atoms with E-state index in [1.165, 1.54) is 0 Å². The molecule has 0 atom stereocenters. The first-order valence-electron chi connectivity index (χ1n) is 0.928. The molecule has 0 saturated carbocycles. The van der Waals surface area contributed by atoms with E-state index in [2.05, 4.69) is 0 Å². The molecule has 0 aliphatic carbocycles. The van der Waals surface area contributed by atoms with Crippen molar-refractivity contribution in [3.8, 4) is 0 Å². The van der Waals surface area contributed by atoms with Gasteiger partial charge in [-0.1, -0.05) is 0 Å². The summed E-state index contributed by atoms with van der Waals surface area (Å²) in [6, 6.07) is 0. The van der Waals surface area contributed by atoms with Crippen LogP contribution >= 0.6 is 0 Å². The fourth-order valence-electron chi connectivity index (χ4n) is 0. The fraction of sp³-hybridized carbons (Fsp3) is 0.500. The molecule has 0 aromatic rings. The number of aliphatic carboxylic acids is 1. The van der Waals surface area contributed by atoms with E-state index in [1.807, 2.05) is 0 Å². The topological polar surface area (TPSA) is 70.8 Å². The Kier molecular flexibility index (Phi) is 24.6. The molecule has 0 aliphatic rings. The average Bonchev–Trinajstić information content (AvgIpc) is 0.811. The van der Waals surface area contributed by atoms with Crippen LogP contribution in [0.5, 0.6) is 0 Å². The molecule has 4 heteroatoms. The molecule has 0 fully saturated rings. The maximum atomic E-state index is 9.00. The molecule has 0 spiro atoms. The number of carboxylic acid groups (broad SMARTS) is 1. The van der Waals surface area contributed by atoms with E-state index in [9.17, 15) is 0 Å². The Bertz CT molecular complexity index is 34.5. The fourth-order valence-corrected chi connectivity index (χ4v) is 0. The van der Waals surface area contributed by atoms with Gasteiger partial charge in [-0.3, -0.25) is 4.79 Å². The first kappa shape index (κ1) is 16.6. The summed E-state index contributed by atoms with van der Waals surface area (Å²) in [6.07, 6.45) is 0. The molecule has 0 aliphatic heterocycles. The number of hydrogen-bond donors (Lipinski definition) is 1. The summed E-state index contributed by atoms with van der Waals surface area (Å²) in [6.45, 7) is 1.08. The summed E-state index contributed by atoms with van der Waals surface area (Å²) in [5.41, 5.74) is 0. The Morgan fingerprint density at radius 1 is 1.67 bits per heavy atom. The van der Waals surface area contributed by atoms with Crippen molar-refractivity contribution in [1.29, 1.82) is 0 Å². The van der Waals surface area contributed by atoms with E-state index in [0.29, 0.717) is 0 Å². The Morgan fingerprint density at radius 2 is 1.67 bits per heavy atom. The second kappa shape index (κ2) is 8.91. The molecular formula is C2H6NO2Zn-. The summed E-state index contributed by atoms with van der Waals surface area (Å²) in [5.74, 6) is -0.833. The quantitative estimate of drug-likeness (QED) is 0.507. The molecule has 0 heterocycles. The maximum Gasteiger partial charge on any atom is 0.300 e. The summed E-state index contributed by atoms with van der Waals surface area (Å²) in [5, 5.41) is 7.42. The SMILES string of the molecule is CC(=O)O.[NH2-].[Zn]. The molecule has 0 bridgehead atoms. The molecule has 3 nitrogen and oxygen atoms in total. The predicted octanol–water partition coefficient (Wildman–Crippen LogP) is 0.805. The van der Waals surface area contributed by atoms with Crippen molar-refractivity contribution in [3.05, 3.63) is 6.15 Å². The van der Waals surface area contributed by atoms with Gasteiger partial charge in [0.2, 0.25) is 0 Å². The Labute approximate surface area is 49.1 Å². The maximum absolute atomic E-state index is 9.00. The van der Waals surface area contributed by atoms with Crippen LogP contribution in [0.4, 0.5) is 0 Å². The van der Waals surface area contributed by atoms with Crippen LogP contribution in [-0.2, 0) is 24.3 Å². The van der Waals surface area contributed by atoms with Crippen LogP contribution in [0.1, 0.15) is 6.92 Å². The van der Waals surface area contributed by atoms with Gasteiger partial charge in [-0.05, 0) is 0 Å². The van der Waals surface area contributed by atoms with Crippen LogP contribution in [0.25, 0.3) is 6.15 Å². The van der Waals surface area contributed by atoms with Crippen molar-refractivity contribution in [2.75, 3.05) is 0 Å². The van der Waals surface area contributed by atoms with Gasteiger partial charge in [0.1, 0.15) is 0 Å². The van der Waals surface area contributed by atoms with Crippen molar-refractivity contribution >= 4 is 5.97 Å². The second-order valence-electron chi connectivity index (χ2n) is 0.519. The zero-order valence-electron chi connectivity index (χ0n) is 3.64. The predicted molar refractivity (Wildman–Crippen MR) is 18.6 cm³/mol. The van der Waals surface area contributed by atoms with Crippen molar-refractivity contribution in [1.82, 2.24) is 0 Å². The minimum atomic E-state index is -0.833. The molecule has 34 valence electrons. The largest absolute Gasteiger partial charge is 0.693 e. The monoisotopic (exact) mass is 140 g/mol. The molecule has 6 heavy (non-hydrogen) atoms. The van der Waals surface area contributed by atoms with Gasteiger partial charge >= 0.3 is 0 Å². The zero-order valence-corrected chi connectivity index (χ0v) is 6.61. The van der Waals surface area contributed by atoms with Crippen LogP contribution in [0.15, 0.2) is 0 Å². The van der Waals surface area contributed by atoms with Gasteiger partial charge in [0.15, 0.2) is 0 Å². The smallest absolute Gasteiger partial charge is 0.300 e. The van der Waals surface area contributed by atoms with Gasteiger partial charge in [-0.15, -0.1) is 0 Å². The van der Waals surface area contributed by atoms with Crippen molar-refractivity contribution < 1.29 is 29.4 Å². The molecule has 0 rings (SSSR count). The van der Waals surface area contributed by atoms with Gasteiger partial charge < -0.3 is 11.3 Å². The molecule has 0 unspecified atom stereocenters. The molecule has 3 N–H and O–H groups in total. The van der Waals surface area contributed by atoms with Gasteiger partial charge in [-0.2, -0.15) is 0 Å². The third-order valence-electron chi connectivity index (χ3n) is 0. The van der Waals surface area contributed by atoms with Crippen LogP contribution in [-0.4, -0.2) is 11.1 Å². The average molecular weight is 141 g/mol. The van der Waals surface area contributed by atoms with Crippen LogP contribution in [0.2, 0.25) is 0 Å². The third-order valence-corrected chi connectivity index (χ3v) is 0. The Morgan fingerprint density at radius 3 is 1.67 bits per heavy atom. The minimum absolute atomic E-state index is 0. The molecule has 0 saturated heterocycles. The third kappa shape index (κ3) is 13300. The zero-order chi connectivity index (χ0) is 3.58. The van der Waals surface area contributed by atoms with Crippen LogP contribution in [0, 0.1) is 0 Å². The van der Waals surface area contributed by atoms with Crippen LogP contribution in [0.3, 0.4) is 0 Å². The molecule has 0 amide bonds. The first-order valence-corrected chi connectivity index (χ1v) is 0.928. The summed E-state index contributed by atoms with van der Waals surface area (Å²) < 4.78 is 0. The number of carbonyl (C=O) groups is 1. The molecule has 0 radical (unpaired) electrons. The first-order chi connectivity index (χ1) is 1.73. The Hall–Kier alpha value is 0.0534. The summed E-state index contributed by atoms with van der Waals surface area (Å²) in [4.78, 5) is 9.00. The normalized spacial score (nSPS) is 4.17. The van der Waals surface area contributed by atoms with E-state index in [-0.39, 0.29) is 25.6 Å². The number of nitrogens with two attached hydrogens (primary N) is 1.